The van der Waals surface area contributed by atoms with E-state index >= 15 is 0 Å². The second kappa shape index (κ2) is 5.39. The van der Waals surface area contributed by atoms with Crippen molar-refractivity contribution in [1.82, 2.24) is 15.1 Å². The second-order valence-corrected chi connectivity index (χ2v) is 6.40. The molecule has 0 bridgehead atoms. The molecule has 1 aromatic heterocycles. The lowest BCUT2D eigenvalue weighted by Crippen LogP contribution is -2.28. The van der Waals surface area contributed by atoms with E-state index in [4.69, 9.17) is 0 Å². The van der Waals surface area contributed by atoms with Crippen molar-refractivity contribution in [2.24, 2.45) is 0 Å². The molecule has 2 heterocycles. The van der Waals surface area contributed by atoms with E-state index in [-0.39, 0.29) is 10.7 Å². The van der Waals surface area contributed by atoms with Gasteiger partial charge in [-0.05, 0) is 6.07 Å². The summed E-state index contributed by atoms with van der Waals surface area (Å²) in [6, 6.07) is 6.80. The first-order chi connectivity index (χ1) is 10.5. The van der Waals surface area contributed by atoms with E-state index in [1.165, 1.54) is 18.2 Å². The van der Waals surface area contributed by atoms with Gasteiger partial charge < -0.3 is 5.32 Å². The van der Waals surface area contributed by atoms with E-state index in [1.807, 2.05) is 0 Å². The van der Waals surface area contributed by atoms with Crippen LogP contribution in [-0.4, -0.2) is 29.7 Å². The van der Waals surface area contributed by atoms with E-state index in [1.54, 1.807) is 10.7 Å². The summed E-state index contributed by atoms with van der Waals surface area (Å²) in [5.41, 5.74) is 0.382. The lowest BCUT2D eigenvalue weighted by molar-refractivity contribution is -0.387. The third-order valence-corrected chi connectivity index (χ3v) is 4.66. The van der Waals surface area contributed by atoms with E-state index < -0.39 is 20.6 Å². The molecule has 22 heavy (non-hydrogen) atoms. The number of nitro benzene ring substituents is 1. The molecule has 0 saturated carbocycles. The van der Waals surface area contributed by atoms with Gasteiger partial charge in [0.25, 0.3) is 15.7 Å². The molecule has 0 radical (unpaired) electrons. The number of hydrogen-bond acceptors (Lipinski definition) is 6. The molecule has 2 N–H and O–H groups in total. The molecule has 1 aliphatic rings. The average molecular weight is 323 g/mol. The zero-order valence-corrected chi connectivity index (χ0v) is 12.2. The van der Waals surface area contributed by atoms with E-state index in [0.717, 1.165) is 18.3 Å². The number of nitrogens with zero attached hydrogens (tertiary/aromatic N) is 3. The molecule has 0 unspecified atom stereocenters. The number of sulfonamides is 1. The van der Waals surface area contributed by atoms with Gasteiger partial charge in [0.1, 0.15) is 0 Å². The summed E-state index contributed by atoms with van der Waals surface area (Å²) in [5.74, 6) is 0.150. The van der Waals surface area contributed by atoms with Crippen LogP contribution in [0.2, 0.25) is 0 Å². The van der Waals surface area contributed by atoms with Gasteiger partial charge in [0.2, 0.25) is 0 Å². The smallest absolute Gasteiger partial charge is 0.289 e. The fourth-order valence-electron chi connectivity index (χ4n) is 2.27. The lowest BCUT2D eigenvalue weighted by atomic mass is 10.3. The molecule has 1 aromatic carbocycles. The normalized spacial score (nSPS) is 14.4. The second-order valence-electron chi connectivity index (χ2n) is 4.75. The minimum atomic E-state index is -4.08. The summed E-state index contributed by atoms with van der Waals surface area (Å²) in [4.78, 5) is 9.85. The van der Waals surface area contributed by atoms with Crippen molar-refractivity contribution in [1.29, 1.82) is 0 Å². The number of nitrogens with one attached hydrogen (secondary N) is 2. The fourth-order valence-corrected chi connectivity index (χ4v) is 3.43. The monoisotopic (exact) mass is 323 g/mol. The van der Waals surface area contributed by atoms with Crippen molar-refractivity contribution in [2.75, 3.05) is 11.3 Å². The minimum Gasteiger partial charge on any atom is -0.309 e. The minimum absolute atomic E-state index is 0.150. The molecule has 1 aliphatic heterocycles. The Morgan fingerprint density at radius 1 is 1.36 bits per heavy atom. The predicted molar refractivity (Wildman–Crippen MR) is 77.8 cm³/mol. The number of para-hydroxylation sites is 1. The molecule has 0 amide bonds. The molecular weight excluding hydrogens is 310 g/mol. The SMILES string of the molecule is O=[N+]([O-])c1ccccc1S(=O)(=O)Nc1cc2n(n1)CCNC2. The number of hydrogen-bond donors (Lipinski definition) is 2. The summed E-state index contributed by atoms with van der Waals surface area (Å²) < 4.78 is 28.7. The average Bonchev–Trinajstić information content (AvgIpc) is 2.88. The molecule has 0 aliphatic carbocycles. The van der Waals surface area contributed by atoms with Crippen LogP contribution < -0.4 is 10.0 Å². The van der Waals surface area contributed by atoms with Crippen LogP contribution in [0.15, 0.2) is 35.2 Å². The van der Waals surface area contributed by atoms with Gasteiger partial charge in [-0.2, -0.15) is 5.10 Å². The molecule has 0 spiro atoms. The maximum atomic E-state index is 12.4. The highest BCUT2D eigenvalue weighted by atomic mass is 32.2. The fraction of sp³-hybridized carbons (Fsp3) is 0.250. The molecule has 3 rings (SSSR count). The molecule has 0 atom stereocenters. The molecule has 9 nitrogen and oxygen atoms in total. The Labute approximate surface area is 126 Å². The highest BCUT2D eigenvalue weighted by Crippen LogP contribution is 2.25. The van der Waals surface area contributed by atoms with Crippen molar-refractivity contribution in [2.45, 2.75) is 18.0 Å². The van der Waals surface area contributed by atoms with Gasteiger partial charge >= 0.3 is 0 Å². The van der Waals surface area contributed by atoms with Crippen LogP contribution >= 0.6 is 0 Å². The van der Waals surface area contributed by atoms with Crippen LogP contribution in [0.25, 0.3) is 0 Å². The van der Waals surface area contributed by atoms with Gasteiger partial charge in [0.15, 0.2) is 10.7 Å². The first-order valence-electron chi connectivity index (χ1n) is 6.51. The summed E-state index contributed by atoms with van der Waals surface area (Å²) in [5, 5.41) is 18.3. The number of rotatable bonds is 4. The Morgan fingerprint density at radius 3 is 2.86 bits per heavy atom. The largest absolute Gasteiger partial charge is 0.309 e. The van der Waals surface area contributed by atoms with Gasteiger partial charge in [-0.15, -0.1) is 0 Å². The molecule has 2 aromatic rings. The van der Waals surface area contributed by atoms with E-state index in [2.05, 4.69) is 15.1 Å². The Balaban J connectivity index is 1.94. The molecular formula is C12H13N5O4S. The summed E-state index contributed by atoms with van der Waals surface area (Å²) in [7, 11) is -4.08. The van der Waals surface area contributed by atoms with Crippen LogP contribution in [0.1, 0.15) is 5.69 Å². The van der Waals surface area contributed by atoms with Crippen molar-refractivity contribution >= 4 is 21.5 Å². The third kappa shape index (κ3) is 2.65. The molecule has 116 valence electrons. The third-order valence-electron chi connectivity index (χ3n) is 3.26. The van der Waals surface area contributed by atoms with Crippen molar-refractivity contribution in [3.63, 3.8) is 0 Å². The van der Waals surface area contributed by atoms with E-state index in [0.29, 0.717) is 13.1 Å². The zero-order chi connectivity index (χ0) is 15.7. The summed E-state index contributed by atoms with van der Waals surface area (Å²) in [6.07, 6.45) is 0. The number of benzene rings is 1. The maximum absolute atomic E-state index is 12.4. The molecule has 0 saturated heterocycles. The van der Waals surface area contributed by atoms with Crippen LogP contribution in [0.4, 0.5) is 11.5 Å². The van der Waals surface area contributed by atoms with Crippen molar-refractivity contribution in [3.05, 3.63) is 46.1 Å². The number of nitro groups is 1. The summed E-state index contributed by atoms with van der Waals surface area (Å²) in [6.45, 7) is 1.99. The highest BCUT2D eigenvalue weighted by Gasteiger charge is 2.26. The van der Waals surface area contributed by atoms with Crippen LogP contribution in [0.5, 0.6) is 0 Å². The Kier molecular flexibility index (Phi) is 3.54. The number of anilines is 1. The summed E-state index contributed by atoms with van der Waals surface area (Å²) >= 11 is 0. The first kappa shape index (κ1) is 14.5. The lowest BCUT2D eigenvalue weighted by Gasteiger charge is -2.13. The van der Waals surface area contributed by atoms with Crippen LogP contribution in [-0.2, 0) is 23.1 Å². The van der Waals surface area contributed by atoms with Gasteiger partial charge in [0.05, 0.1) is 17.2 Å². The Bertz CT molecular complexity index is 806. The number of aromatic nitrogens is 2. The quantitative estimate of drug-likeness (QED) is 0.631. The maximum Gasteiger partial charge on any atom is 0.289 e. The van der Waals surface area contributed by atoms with Crippen molar-refractivity contribution < 1.29 is 13.3 Å². The van der Waals surface area contributed by atoms with Gasteiger partial charge in [-0.1, -0.05) is 12.1 Å². The predicted octanol–water partition coefficient (Wildman–Crippen LogP) is 0.695. The van der Waals surface area contributed by atoms with Gasteiger partial charge in [-0.25, -0.2) is 8.42 Å². The van der Waals surface area contributed by atoms with Crippen molar-refractivity contribution in [3.8, 4) is 0 Å². The first-order valence-corrected chi connectivity index (χ1v) is 7.99. The molecule has 10 heteroatoms. The zero-order valence-electron chi connectivity index (χ0n) is 11.4. The van der Waals surface area contributed by atoms with Crippen LogP contribution in [0.3, 0.4) is 0 Å². The standard InChI is InChI=1S/C12H13N5O4S/c18-17(19)10-3-1-2-4-11(10)22(20,21)15-12-7-9-8-13-5-6-16(9)14-12/h1-4,7,13H,5-6,8H2,(H,14,15). The van der Waals surface area contributed by atoms with Crippen LogP contribution in [0, 0.1) is 10.1 Å². The molecule has 0 fully saturated rings. The van der Waals surface area contributed by atoms with Gasteiger partial charge in [0, 0.05) is 25.2 Å². The number of fused-ring (bicyclic) bond motifs is 1. The topological polar surface area (TPSA) is 119 Å². The Morgan fingerprint density at radius 2 is 2.14 bits per heavy atom. The van der Waals surface area contributed by atoms with Gasteiger partial charge in [-0.3, -0.25) is 19.5 Å². The van der Waals surface area contributed by atoms with E-state index in [9.17, 15) is 18.5 Å². The highest BCUT2D eigenvalue weighted by molar-refractivity contribution is 7.92. The Hall–Kier alpha value is -2.46.